The second-order valence-corrected chi connectivity index (χ2v) is 5.17. The Hall–Kier alpha value is -1.62. The molecule has 2 rings (SSSR count). The van der Waals surface area contributed by atoms with Crippen molar-refractivity contribution in [3.63, 3.8) is 0 Å². The zero-order chi connectivity index (χ0) is 13.1. The number of carbonyl (C=O) groups is 1. The van der Waals surface area contributed by atoms with Crippen LogP contribution >= 0.6 is 11.3 Å². The molecule has 0 aliphatic carbocycles. The third-order valence-electron chi connectivity index (χ3n) is 2.85. The van der Waals surface area contributed by atoms with Crippen molar-refractivity contribution in [1.82, 2.24) is 15.3 Å². The van der Waals surface area contributed by atoms with Crippen LogP contribution in [0.25, 0.3) is 0 Å². The fourth-order valence-electron chi connectivity index (χ4n) is 1.71. The van der Waals surface area contributed by atoms with E-state index in [1.807, 2.05) is 25.4 Å². The van der Waals surface area contributed by atoms with Crippen molar-refractivity contribution in [2.24, 2.45) is 0 Å². The van der Waals surface area contributed by atoms with Gasteiger partial charge in [-0.2, -0.15) is 0 Å². The van der Waals surface area contributed by atoms with Gasteiger partial charge in [0, 0.05) is 17.8 Å². The van der Waals surface area contributed by atoms with Gasteiger partial charge in [-0.15, -0.1) is 11.3 Å². The van der Waals surface area contributed by atoms with Gasteiger partial charge in [0.2, 0.25) is 0 Å². The third-order valence-corrected chi connectivity index (χ3v) is 3.92. The van der Waals surface area contributed by atoms with E-state index in [1.165, 1.54) is 0 Å². The number of nitrogens with one attached hydrogen (secondary N) is 2. The highest BCUT2D eigenvalue weighted by atomic mass is 32.1. The van der Waals surface area contributed by atoms with Crippen molar-refractivity contribution >= 4 is 17.2 Å². The lowest BCUT2D eigenvalue weighted by Crippen LogP contribution is -2.26. The monoisotopic (exact) mass is 263 g/mol. The molecule has 2 aromatic heterocycles. The highest BCUT2D eigenvalue weighted by molar-refractivity contribution is 7.09. The smallest absolute Gasteiger partial charge is 0.253 e. The second-order valence-electron chi connectivity index (χ2n) is 4.28. The molecule has 0 aliphatic heterocycles. The largest absolute Gasteiger partial charge is 0.367 e. The van der Waals surface area contributed by atoms with Crippen molar-refractivity contribution in [2.75, 3.05) is 0 Å². The van der Waals surface area contributed by atoms with E-state index in [-0.39, 0.29) is 11.9 Å². The first-order valence-corrected chi connectivity index (χ1v) is 6.88. The summed E-state index contributed by atoms with van der Waals surface area (Å²) in [6, 6.07) is -0.0582. The lowest BCUT2D eigenvalue weighted by Gasteiger charge is -2.10. The number of amides is 1. The van der Waals surface area contributed by atoms with Gasteiger partial charge in [0.05, 0.1) is 17.3 Å². The molecule has 1 atom stereocenters. The van der Waals surface area contributed by atoms with Crippen LogP contribution in [0, 0.1) is 6.92 Å². The van der Waals surface area contributed by atoms with E-state index in [0.29, 0.717) is 5.56 Å². The first-order valence-electron chi connectivity index (χ1n) is 6.00. The number of aromatic amines is 1. The number of H-pyrrole nitrogens is 1. The van der Waals surface area contributed by atoms with Gasteiger partial charge in [-0.1, -0.05) is 6.92 Å². The highest BCUT2D eigenvalue weighted by Crippen LogP contribution is 2.19. The van der Waals surface area contributed by atoms with Crippen LogP contribution in [0.1, 0.15) is 46.5 Å². The first kappa shape index (κ1) is 12.8. The Balaban J connectivity index is 2.05. The second kappa shape index (κ2) is 5.35. The van der Waals surface area contributed by atoms with E-state index < -0.39 is 0 Å². The standard InChI is InChI=1S/C13H17N3OS/c1-4-10-7-18-13(16-10)9(3)15-12(17)11-6-14-5-8(11)2/h5-7,9,14H,4H2,1-3H3,(H,15,17). The van der Waals surface area contributed by atoms with Crippen LogP contribution in [-0.4, -0.2) is 15.9 Å². The van der Waals surface area contributed by atoms with Crippen molar-refractivity contribution in [3.05, 3.63) is 39.6 Å². The van der Waals surface area contributed by atoms with Crippen molar-refractivity contribution in [3.8, 4) is 0 Å². The van der Waals surface area contributed by atoms with Gasteiger partial charge < -0.3 is 10.3 Å². The third kappa shape index (κ3) is 2.61. The SMILES string of the molecule is CCc1csc(C(C)NC(=O)c2c[nH]cc2C)n1. The summed E-state index contributed by atoms with van der Waals surface area (Å²) < 4.78 is 0. The fourth-order valence-corrected chi connectivity index (χ4v) is 2.62. The number of aromatic nitrogens is 2. The van der Waals surface area contributed by atoms with Gasteiger partial charge in [0.1, 0.15) is 5.01 Å². The minimum atomic E-state index is -0.0606. The molecule has 96 valence electrons. The van der Waals surface area contributed by atoms with Gasteiger partial charge >= 0.3 is 0 Å². The Morgan fingerprint density at radius 2 is 2.33 bits per heavy atom. The van der Waals surface area contributed by atoms with Gasteiger partial charge in [-0.25, -0.2) is 4.98 Å². The van der Waals surface area contributed by atoms with Gasteiger partial charge in [0.25, 0.3) is 5.91 Å². The molecule has 0 spiro atoms. The zero-order valence-electron chi connectivity index (χ0n) is 10.8. The summed E-state index contributed by atoms with van der Waals surface area (Å²) >= 11 is 1.59. The van der Waals surface area contributed by atoms with Crippen molar-refractivity contribution < 1.29 is 4.79 Å². The number of nitrogens with zero attached hydrogens (tertiary/aromatic N) is 1. The lowest BCUT2D eigenvalue weighted by molar-refractivity contribution is 0.0939. The molecule has 0 radical (unpaired) electrons. The molecule has 2 heterocycles. The maximum absolute atomic E-state index is 12.0. The molecule has 4 nitrogen and oxygen atoms in total. The Morgan fingerprint density at radius 3 is 2.89 bits per heavy atom. The molecule has 5 heteroatoms. The van der Waals surface area contributed by atoms with E-state index in [9.17, 15) is 4.79 Å². The molecular weight excluding hydrogens is 246 g/mol. The average molecular weight is 263 g/mol. The van der Waals surface area contributed by atoms with Crippen LogP contribution < -0.4 is 5.32 Å². The van der Waals surface area contributed by atoms with Crippen molar-refractivity contribution in [2.45, 2.75) is 33.2 Å². The van der Waals surface area contributed by atoms with Crippen LogP contribution in [0.5, 0.6) is 0 Å². The Bertz CT molecular complexity index is 544. The van der Waals surface area contributed by atoms with E-state index >= 15 is 0 Å². The average Bonchev–Trinajstić information content (AvgIpc) is 2.96. The molecule has 0 aromatic carbocycles. The molecule has 18 heavy (non-hydrogen) atoms. The summed E-state index contributed by atoms with van der Waals surface area (Å²) in [6.45, 7) is 5.94. The summed E-state index contributed by atoms with van der Waals surface area (Å²) in [6.07, 6.45) is 4.46. The number of rotatable bonds is 4. The molecule has 1 unspecified atom stereocenters. The molecule has 0 saturated carbocycles. The number of aryl methyl sites for hydroxylation is 2. The maximum Gasteiger partial charge on any atom is 0.253 e. The van der Waals surface area contributed by atoms with Gasteiger partial charge in [0.15, 0.2) is 0 Å². The van der Waals surface area contributed by atoms with E-state index in [4.69, 9.17) is 0 Å². The van der Waals surface area contributed by atoms with Crippen LogP contribution in [0.4, 0.5) is 0 Å². The van der Waals surface area contributed by atoms with E-state index in [2.05, 4.69) is 22.2 Å². The van der Waals surface area contributed by atoms with Gasteiger partial charge in [-0.05, 0) is 25.8 Å². The quantitative estimate of drug-likeness (QED) is 0.891. The van der Waals surface area contributed by atoms with E-state index in [0.717, 1.165) is 22.7 Å². The molecule has 0 bridgehead atoms. The number of carbonyl (C=O) groups excluding carboxylic acids is 1. The summed E-state index contributed by atoms with van der Waals surface area (Å²) in [5.41, 5.74) is 2.72. The minimum absolute atomic E-state index is 0.0582. The molecule has 1 amide bonds. The van der Waals surface area contributed by atoms with Gasteiger partial charge in [-0.3, -0.25) is 4.79 Å². The number of hydrogen-bond donors (Lipinski definition) is 2. The topological polar surface area (TPSA) is 57.8 Å². The molecule has 0 aliphatic rings. The summed E-state index contributed by atoms with van der Waals surface area (Å²) in [5, 5.41) is 5.96. The lowest BCUT2D eigenvalue weighted by atomic mass is 10.2. The molecule has 2 N–H and O–H groups in total. The molecule has 0 saturated heterocycles. The maximum atomic E-state index is 12.0. The molecule has 0 fully saturated rings. The molecule has 2 aromatic rings. The number of thiazole rings is 1. The van der Waals surface area contributed by atoms with Crippen LogP contribution in [0.15, 0.2) is 17.8 Å². The zero-order valence-corrected chi connectivity index (χ0v) is 11.6. The predicted molar refractivity (Wildman–Crippen MR) is 72.9 cm³/mol. The highest BCUT2D eigenvalue weighted by Gasteiger charge is 2.16. The number of hydrogen-bond acceptors (Lipinski definition) is 3. The Morgan fingerprint density at radius 1 is 1.56 bits per heavy atom. The fraction of sp³-hybridized carbons (Fsp3) is 0.385. The minimum Gasteiger partial charge on any atom is -0.367 e. The van der Waals surface area contributed by atoms with Crippen LogP contribution in [0.2, 0.25) is 0 Å². The summed E-state index contributed by atoms with van der Waals surface area (Å²) in [5.74, 6) is -0.0606. The van der Waals surface area contributed by atoms with Crippen molar-refractivity contribution in [1.29, 1.82) is 0 Å². The predicted octanol–water partition coefficient (Wildman–Crippen LogP) is 2.83. The first-order chi connectivity index (χ1) is 8.61. The summed E-state index contributed by atoms with van der Waals surface area (Å²) in [7, 11) is 0. The van der Waals surface area contributed by atoms with Crippen LogP contribution in [-0.2, 0) is 6.42 Å². The van der Waals surface area contributed by atoms with E-state index in [1.54, 1.807) is 17.5 Å². The Kier molecular flexibility index (Phi) is 3.81. The summed E-state index contributed by atoms with van der Waals surface area (Å²) in [4.78, 5) is 19.4. The molecular formula is C13H17N3OS. The van der Waals surface area contributed by atoms with Crippen LogP contribution in [0.3, 0.4) is 0 Å². The Labute approximate surface area is 110 Å². The normalized spacial score (nSPS) is 12.4.